The minimum atomic E-state index is 0. The summed E-state index contributed by atoms with van der Waals surface area (Å²) in [6, 6.07) is 7.39. The van der Waals surface area contributed by atoms with E-state index in [9.17, 15) is 0 Å². The van der Waals surface area contributed by atoms with Gasteiger partial charge in [-0.1, -0.05) is 12.1 Å². The second-order valence-corrected chi connectivity index (χ2v) is 1.74. The van der Waals surface area contributed by atoms with Gasteiger partial charge in [-0.05, 0) is 12.1 Å². The molecule has 0 radical (unpaired) electrons. The number of methoxy groups -OCH3 is 1. The molecule has 0 bridgehead atoms. The van der Waals surface area contributed by atoms with Gasteiger partial charge < -0.3 is 11.9 Å². The molecular formula is C7H10LiNO. The summed E-state index contributed by atoms with van der Waals surface area (Å²) >= 11 is 0. The molecule has 0 unspecified atom stereocenters. The third-order valence-electron chi connectivity index (χ3n) is 1.14. The molecule has 0 aromatic heterocycles. The summed E-state index contributed by atoms with van der Waals surface area (Å²) in [5.74, 6) is 0.734. The molecule has 2 nitrogen and oxygen atoms in total. The van der Waals surface area contributed by atoms with Crippen LogP contribution in [0.25, 0.3) is 0 Å². The first-order valence-electron chi connectivity index (χ1n) is 2.73. The first kappa shape index (κ1) is 9.42. The van der Waals surface area contributed by atoms with Crippen molar-refractivity contribution >= 4 is 5.69 Å². The normalized spacial score (nSPS) is 8.10. The largest absolute Gasteiger partial charge is 1.00 e. The zero-order valence-electron chi connectivity index (χ0n) is 7.29. The van der Waals surface area contributed by atoms with Crippen molar-refractivity contribution in [1.82, 2.24) is 0 Å². The molecule has 0 amide bonds. The van der Waals surface area contributed by atoms with Gasteiger partial charge in [-0.3, -0.25) is 0 Å². The van der Waals surface area contributed by atoms with Crippen molar-refractivity contribution in [2.45, 2.75) is 0 Å². The molecule has 0 aliphatic heterocycles. The number of nitrogens with two attached hydrogens (primary N) is 1. The van der Waals surface area contributed by atoms with Crippen molar-refractivity contribution in [3.63, 3.8) is 0 Å². The molecular weight excluding hydrogens is 121 g/mol. The molecule has 2 N–H and O–H groups in total. The zero-order chi connectivity index (χ0) is 6.69. The fraction of sp³-hybridized carbons (Fsp3) is 0.143. The maximum Gasteiger partial charge on any atom is 1.00 e. The van der Waals surface area contributed by atoms with Gasteiger partial charge in [-0.25, -0.2) is 0 Å². The first-order chi connectivity index (χ1) is 4.34. The van der Waals surface area contributed by atoms with Gasteiger partial charge in [0.05, 0.1) is 12.8 Å². The number of rotatable bonds is 1. The molecule has 0 atom stereocenters. The summed E-state index contributed by atoms with van der Waals surface area (Å²) in [6.45, 7) is 0. The van der Waals surface area contributed by atoms with Gasteiger partial charge in [0.1, 0.15) is 5.75 Å². The second kappa shape index (κ2) is 4.27. The summed E-state index contributed by atoms with van der Waals surface area (Å²) in [5, 5.41) is 0. The average molecular weight is 131 g/mol. The Kier molecular flexibility index (Phi) is 4.02. The Morgan fingerprint density at radius 1 is 1.40 bits per heavy atom. The quantitative estimate of drug-likeness (QED) is 0.368. The molecule has 1 aromatic carbocycles. The van der Waals surface area contributed by atoms with Crippen LogP contribution in [0.15, 0.2) is 24.3 Å². The maximum atomic E-state index is 5.51. The molecule has 0 spiro atoms. The van der Waals surface area contributed by atoms with Crippen LogP contribution >= 0.6 is 0 Å². The molecule has 10 heavy (non-hydrogen) atoms. The number of ether oxygens (including phenoxy) is 1. The van der Waals surface area contributed by atoms with E-state index in [1.807, 2.05) is 18.2 Å². The van der Waals surface area contributed by atoms with Gasteiger partial charge >= 0.3 is 18.9 Å². The predicted molar refractivity (Wildman–Crippen MR) is 38.5 cm³/mol. The fourth-order valence-corrected chi connectivity index (χ4v) is 0.666. The summed E-state index contributed by atoms with van der Waals surface area (Å²) in [6.07, 6.45) is 0. The Balaban J connectivity index is 0. The van der Waals surface area contributed by atoms with Crippen molar-refractivity contribution in [3.8, 4) is 5.75 Å². The molecule has 0 saturated heterocycles. The van der Waals surface area contributed by atoms with Crippen LogP contribution in [0.5, 0.6) is 5.75 Å². The van der Waals surface area contributed by atoms with Crippen molar-refractivity contribution < 1.29 is 25.0 Å². The topological polar surface area (TPSA) is 35.2 Å². The van der Waals surface area contributed by atoms with Crippen LogP contribution in [0.1, 0.15) is 1.43 Å². The third-order valence-corrected chi connectivity index (χ3v) is 1.14. The Hall–Kier alpha value is -0.583. The van der Waals surface area contributed by atoms with Gasteiger partial charge in [0.25, 0.3) is 0 Å². The van der Waals surface area contributed by atoms with Gasteiger partial charge in [-0.15, -0.1) is 0 Å². The van der Waals surface area contributed by atoms with E-state index in [1.165, 1.54) is 0 Å². The van der Waals surface area contributed by atoms with Crippen LogP contribution in [0.4, 0.5) is 5.69 Å². The predicted octanol–water partition coefficient (Wildman–Crippen LogP) is -1.61. The standard InChI is InChI=1S/C7H9NO.Li.H/c1-9-7-5-3-2-4-6(7)8;;/h2-5H,8H2,1H3;;/q;+1;-1. The SMILES string of the molecule is COc1ccccc1N.[H-].[Li+]. The van der Waals surface area contributed by atoms with Crippen LogP contribution in [0.3, 0.4) is 0 Å². The van der Waals surface area contributed by atoms with Gasteiger partial charge in [0, 0.05) is 0 Å². The van der Waals surface area contributed by atoms with Crippen LogP contribution in [0.2, 0.25) is 0 Å². The number of hydrogen-bond acceptors (Lipinski definition) is 2. The van der Waals surface area contributed by atoms with Gasteiger partial charge in [0.2, 0.25) is 0 Å². The smallest absolute Gasteiger partial charge is 1.00 e. The Morgan fingerprint density at radius 2 is 2.00 bits per heavy atom. The van der Waals surface area contributed by atoms with E-state index in [0.717, 1.165) is 5.75 Å². The molecule has 1 rings (SSSR count). The molecule has 1 aromatic rings. The number of hydrogen-bond donors (Lipinski definition) is 1. The monoisotopic (exact) mass is 131 g/mol. The van der Waals surface area contributed by atoms with Crippen molar-refractivity contribution in [2.24, 2.45) is 0 Å². The molecule has 0 saturated carbocycles. The van der Waals surface area contributed by atoms with E-state index in [1.54, 1.807) is 13.2 Å². The van der Waals surface area contributed by atoms with Gasteiger partial charge in [-0.2, -0.15) is 0 Å². The van der Waals surface area contributed by atoms with Crippen LogP contribution < -0.4 is 29.3 Å². The van der Waals surface area contributed by atoms with E-state index >= 15 is 0 Å². The number of nitrogen functional groups attached to an aromatic ring is 1. The maximum absolute atomic E-state index is 5.51. The van der Waals surface area contributed by atoms with E-state index in [4.69, 9.17) is 10.5 Å². The van der Waals surface area contributed by atoms with Crippen LogP contribution in [-0.4, -0.2) is 7.11 Å². The minimum Gasteiger partial charge on any atom is -1.00 e. The Bertz CT molecular complexity index is 207. The van der Waals surface area contributed by atoms with Crippen molar-refractivity contribution in [2.75, 3.05) is 12.8 Å². The van der Waals surface area contributed by atoms with Crippen molar-refractivity contribution in [3.05, 3.63) is 24.3 Å². The van der Waals surface area contributed by atoms with E-state index in [0.29, 0.717) is 5.69 Å². The van der Waals surface area contributed by atoms with Crippen LogP contribution in [-0.2, 0) is 0 Å². The molecule has 0 aliphatic rings. The fourth-order valence-electron chi connectivity index (χ4n) is 0.666. The number of anilines is 1. The molecule has 0 heterocycles. The number of benzene rings is 1. The first-order valence-corrected chi connectivity index (χ1v) is 2.73. The minimum absolute atomic E-state index is 0. The van der Waals surface area contributed by atoms with E-state index in [-0.39, 0.29) is 20.3 Å². The molecule has 3 heteroatoms. The van der Waals surface area contributed by atoms with Crippen LogP contribution in [0, 0.1) is 0 Å². The average Bonchev–Trinajstić information content (AvgIpc) is 1.89. The zero-order valence-corrected chi connectivity index (χ0v) is 6.29. The summed E-state index contributed by atoms with van der Waals surface area (Å²) in [7, 11) is 1.60. The molecule has 50 valence electrons. The second-order valence-electron chi connectivity index (χ2n) is 1.74. The van der Waals surface area contributed by atoms with Crippen molar-refractivity contribution in [1.29, 1.82) is 0 Å². The van der Waals surface area contributed by atoms with E-state index in [2.05, 4.69) is 0 Å². The summed E-state index contributed by atoms with van der Waals surface area (Å²) < 4.78 is 4.92. The van der Waals surface area contributed by atoms with Gasteiger partial charge in [0.15, 0.2) is 0 Å². The molecule has 0 aliphatic carbocycles. The Labute approximate surface area is 74.0 Å². The Morgan fingerprint density at radius 3 is 2.40 bits per heavy atom. The summed E-state index contributed by atoms with van der Waals surface area (Å²) in [5.41, 5.74) is 6.19. The third kappa shape index (κ3) is 1.98. The number of para-hydroxylation sites is 2. The van der Waals surface area contributed by atoms with E-state index < -0.39 is 0 Å². The summed E-state index contributed by atoms with van der Waals surface area (Å²) in [4.78, 5) is 0. The molecule has 0 fully saturated rings.